The van der Waals surface area contributed by atoms with Crippen molar-refractivity contribution in [2.75, 3.05) is 27.2 Å². The summed E-state index contributed by atoms with van der Waals surface area (Å²) in [5, 5.41) is 10.4. The average Bonchev–Trinajstić information content (AvgIpc) is 2.84. The van der Waals surface area contributed by atoms with E-state index in [4.69, 9.17) is 5.11 Å². The Hall–Kier alpha value is -1.66. The number of nitrogens with zero attached hydrogens (tertiary/aromatic N) is 2. The Bertz CT molecular complexity index is 523. The van der Waals surface area contributed by atoms with Crippen LogP contribution < -0.4 is 0 Å². The normalized spacial score (nSPS) is 12.8. The SMILES string of the molecule is CCN(C(=O)c1csc(/C=C/C(=O)O)c1)C(C)CN(C)C. The van der Waals surface area contributed by atoms with Gasteiger partial charge >= 0.3 is 5.97 Å². The van der Waals surface area contributed by atoms with Crippen molar-refractivity contribution in [1.29, 1.82) is 0 Å². The van der Waals surface area contributed by atoms with E-state index in [-0.39, 0.29) is 11.9 Å². The number of amides is 1. The maximum absolute atomic E-state index is 12.5. The molecule has 1 heterocycles. The number of carbonyl (C=O) groups is 2. The molecule has 0 saturated heterocycles. The van der Waals surface area contributed by atoms with E-state index in [9.17, 15) is 9.59 Å². The van der Waals surface area contributed by atoms with Crippen LogP contribution in [0.15, 0.2) is 17.5 Å². The van der Waals surface area contributed by atoms with Crippen LogP contribution in [-0.4, -0.2) is 60.0 Å². The maximum atomic E-state index is 12.5. The molecule has 1 atom stereocenters. The van der Waals surface area contributed by atoms with Gasteiger partial charge in [0.05, 0.1) is 5.56 Å². The lowest BCUT2D eigenvalue weighted by Gasteiger charge is -2.29. The molecule has 1 N–H and O–H groups in total. The van der Waals surface area contributed by atoms with Gasteiger partial charge in [0, 0.05) is 35.5 Å². The molecule has 0 aliphatic rings. The molecule has 1 aromatic rings. The highest BCUT2D eigenvalue weighted by atomic mass is 32.1. The second-order valence-corrected chi connectivity index (χ2v) is 6.05. The molecule has 0 fully saturated rings. The first-order valence-corrected chi connectivity index (χ1v) is 7.68. The third-order valence-electron chi connectivity index (χ3n) is 3.02. The molecular weight excluding hydrogens is 288 g/mol. The van der Waals surface area contributed by atoms with Gasteiger partial charge in [-0.25, -0.2) is 4.79 Å². The Morgan fingerprint density at radius 3 is 2.62 bits per heavy atom. The van der Waals surface area contributed by atoms with E-state index >= 15 is 0 Å². The molecule has 0 aliphatic carbocycles. The van der Waals surface area contributed by atoms with Crippen molar-refractivity contribution in [3.8, 4) is 0 Å². The molecule has 0 aliphatic heterocycles. The fourth-order valence-electron chi connectivity index (χ4n) is 2.15. The largest absolute Gasteiger partial charge is 0.478 e. The van der Waals surface area contributed by atoms with Crippen LogP contribution in [0.2, 0.25) is 0 Å². The molecule has 5 nitrogen and oxygen atoms in total. The van der Waals surface area contributed by atoms with Crippen molar-refractivity contribution >= 4 is 29.3 Å². The summed E-state index contributed by atoms with van der Waals surface area (Å²) in [4.78, 5) is 27.7. The molecule has 0 radical (unpaired) electrons. The van der Waals surface area contributed by atoms with Crippen molar-refractivity contribution in [2.24, 2.45) is 0 Å². The van der Waals surface area contributed by atoms with Gasteiger partial charge in [-0.3, -0.25) is 4.79 Å². The summed E-state index contributed by atoms with van der Waals surface area (Å²) in [5.74, 6) is -1.01. The van der Waals surface area contributed by atoms with Crippen molar-refractivity contribution in [1.82, 2.24) is 9.80 Å². The first kappa shape index (κ1) is 17.4. The van der Waals surface area contributed by atoms with E-state index in [0.29, 0.717) is 12.1 Å². The summed E-state index contributed by atoms with van der Waals surface area (Å²) in [6.07, 6.45) is 2.58. The number of carbonyl (C=O) groups excluding carboxylic acids is 1. The standard InChI is InChI=1S/C15H22N2O3S/c1-5-17(11(2)9-16(3)4)15(20)12-8-13(21-10-12)6-7-14(18)19/h6-8,10-11H,5,9H2,1-4H3,(H,18,19)/b7-6+. The van der Waals surface area contributed by atoms with Gasteiger partial charge < -0.3 is 14.9 Å². The van der Waals surface area contributed by atoms with Crippen molar-refractivity contribution in [2.45, 2.75) is 19.9 Å². The lowest BCUT2D eigenvalue weighted by Crippen LogP contribution is -2.43. The fourth-order valence-corrected chi connectivity index (χ4v) is 2.93. The molecule has 21 heavy (non-hydrogen) atoms. The van der Waals surface area contributed by atoms with Gasteiger partial charge in [-0.15, -0.1) is 11.3 Å². The minimum atomic E-state index is -0.994. The van der Waals surface area contributed by atoms with Gasteiger partial charge in [-0.2, -0.15) is 0 Å². The fraction of sp³-hybridized carbons (Fsp3) is 0.467. The van der Waals surface area contributed by atoms with Crippen molar-refractivity contribution in [3.05, 3.63) is 28.0 Å². The van der Waals surface area contributed by atoms with E-state index in [0.717, 1.165) is 17.5 Å². The minimum Gasteiger partial charge on any atom is -0.478 e. The number of rotatable bonds is 7. The second-order valence-electron chi connectivity index (χ2n) is 5.11. The van der Waals surface area contributed by atoms with Crippen LogP contribution in [0.5, 0.6) is 0 Å². The predicted octanol–water partition coefficient (Wildman–Crippen LogP) is 2.26. The topological polar surface area (TPSA) is 60.9 Å². The zero-order chi connectivity index (χ0) is 16.0. The zero-order valence-electron chi connectivity index (χ0n) is 12.9. The quantitative estimate of drug-likeness (QED) is 0.785. The van der Waals surface area contributed by atoms with Gasteiger partial charge in [-0.05, 0) is 40.1 Å². The average molecular weight is 310 g/mol. The number of likely N-dealkylation sites (N-methyl/N-ethyl adjacent to an activating group) is 2. The van der Waals surface area contributed by atoms with E-state index in [1.54, 1.807) is 11.4 Å². The van der Waals surface area contributed by atoms with Crippen LogP contribution in [0.4, 0.5) is 0 Å². The molecule has 0 saturated carbocycles. The number of hydrogen-bond acceptors (Lipinski definition) is 4. The zero-order valence-corrected chi connectivity index (χ0v) is 13.7. The highest BCUT2D eigenvalue weighted by Crippen LogP contribution is 2.19. The number of carboxylic acid groups (broad SMARTS) is 1. The Morgan fingerprint density at radius 2 is 2.10 bits per heavy atom. The van der Waals surface area contributed by atoms with Crippen LogP contribution in [0.3, 0.4) is 0 Å². The van der Waals surface area contributed by atoms with Crippen LogP contribution in [0.25, 0.3) is 6.08 Å². The van der Waals surface area contributed by atoms with Crippen LogP contribution in [0, 0.1) is 0 Å². The summed E-state index contributed by atoms with van der Waals surface area (Å²) >= 11 is 1.37. The molecule has 1 amide bonds. The van der Waals surface area contributed by atoms with Gasteiger partial charge in [-0.1, -0.05) is 0 Å². The van der Waals surface area contributed by atoms with Crippen LogP contribution in [0.1, 0.15) is 29.1 Å². The number of thiophene rings is 1. The molecule has 6 heteroatoms. The predicted molar refractivity (Wildman–Crippen MR) is 85.7 cm³/mol. The van der Waals surface area contributed by atoms with Crippen LogP contribution in [-0.2, 0) is 4.79 Å². The first-order valence-electron chi connectivity index (χ1n) is 6.80. The molecule has 116 valence electrons. The third-order valence-corrected chi connectivity index (χ3v) is 3.92. The first-order chi connectivity index (χ1) is 9.85. The highest BCUT2D eigenvalue weighted by molar-refractivity contribution is 7.11. The van der Waals surface area contributed by atoms with Gasteiger partial charge in [0.25, 0.3) is 5.91 Å². The monoisotopic (exact) mass is 310 g/mol. The Labute approximate surface area is 129 Å². The Balaban J connectivity index is 2.83. The van der Waals surface area contributed by atoms with Gasteiger partial charge in [0.15, 0.2) is 0 Å². The second kappa shape index (κ2) is 7.95. The number of aliphatic carboxylic acids is 1. The summed E-state index contributed by atoms with van der Waals surface area (Å²) in [6, 6.07) is 1.85. The van der Waals surface area contributed by atoms with Gasteiger partial charge in [0.1, 0.15) is 0 Å². The van der Waals surface area contributed by atoms with E-state index < -0.39 is 5.97 Å². The molecular formula is C15H22N2O3S. The van der Waals surface area contributed by atoms with Crippen molar-refractivity contribution in [3.63, 3.8) is 0 Å². The highest BCUT2D eigenvalue weighted by Gasteiger charge is 2.21. The van der Waals surface area contributed by atoms with E-state index in [1.165, 1.54) is 17.4 Å². The van der Waals surface area contributed by atoms with Crippen molar-refractivity contribution < 1.29 is 14.7 Å². The maximum Gasteiger partial charge on any atom is 0.328 e. The summed E-state index contributed by atoms with van der Waals surface area (Å²) in [5.41, 5.74) is 0.609. The lowest BCUT2D eigenvalue weighted by atomic mass is 10.2. The van der Waals surface area contributed by atoms with E-state index in [2.05, 4.69) is 4.90 Å². The lowest BCUT2D eigenvalue weighted by molar-refractivity contribution is -0.131. The molecule has 0 aromatic carbocycles. The minimum absolute atomic E-state index is 0.0157. The summed E-state index contributed by atoms with van der Waals surface area (Å²) in [6.45, 7) is 5.43. The summed E-state index contributed by atoms with van der Waals surface area (Å²) in [7, 11) is 3.96. The smallest absolute Gasteiger partial charge is 0.328 e. The molecule has 0 spiro atoms. The number of carboxylic acids is 1. The summed E-state index contributed by atoms with van der Waals surface area (Å²) < 4.78 is 0. The van der Waals surface area contributed by atoms with Gasteiger partial charge in [0.2, 0.25) is 0 Å². The Kier molecular flexibility index (Phi) is 6.58. The van der Waals surface area contributed by atoms with E-state index in [1.807, 2.05) is 32.8 Å². The molecule has 1 rings (SSSR count). The molecule has 1 unspecified atom stereocenters. The third kappa shape index (κ3) is 5.32. The number of hydrogen-bond donors (Lipinski definition) is 1. The molecule has 0 bridgehead atoms. The Morgan fingerprint density at radius 1 is 1.43 bits per heavy atom. The van der Waals surface area contributed by atoms with Crippen LogP contribution >= 0.6 is 11.3 Å². The molecule has 1 aromatic heterocycles.